The number of hydrogen-bond acceptors (Lipinski definition) is 0. The van der Waals surface area contributed by atoms with E-state index in [1.165, 1.54) is 10.8 Å². The van der Waals surface area contributed by atoms with Gasteiger partial charge in [0.1, 0.15) is 0 Å². The van der Waals surface area contributed by atoms with E-state index in [0.29, 0.717) is 0 Å². The molecule has 0 aliphatic carbocycles. The molecule has 0 bridgehead atoms. The molecule has 0 amide bonds. The van der Waals surface area contributed by atoms with Crippen molar-refractivity contribution in [2.45, 2.75) is 0 Å². The second kappa shape index (κ2) is 2.35. The van der Waals surface area contributed by atoms with Crippen molar-refractivity contribution < 1.29 is 0 Å². The molecule has 0 fully saturated rings. The molecule has 0 aromatic heterocycles. The predicted molar refractivity (Wildman–Crippen MR) is 46.9 cm³/mol. The summed E-state index contributed by atoms with van der Waals surface area (Å²) in [5.74, 6) is 0. The van der Waals surface area contributed by atoms with Crippen LogP contribution in [-0.2, 0) is 0 Å². The molecule has 0 saturated heterocycles. The molecule has 1 aromatic rings. The van der Waals surface area contributed by atoms with Crippen molar-refractivity contribution in [1.29, 1.82) is 0 Å². The fourth-order valence-corrected chi connectivity index (χ4v) is 1.96. The van der Waals surface area contributed by atoms with E-state index in [0.717, 1.165) is 9.13 Å². The molecular formula is C9H7Si. The van der Waals surface area contributed by atoms with E-state index in [1.54, 1.807) is 0 Å². The quantitative estimate of drug-likeness (QED) is 0.472. The first kappa shape index (κ1) is 5.80. The molecular weight excluding hydrogens is 136 g/mol. The maximum absolute atomic E-state index is 2.21. The lowest BCUT2D eigenvalue weighted by Crippen LogP contribution is -2.14. The monoisotopic (exact) mass is 143 g/mol. The normalized spacial score (nSPS) is 13.2. The SMILES string of the molecule is C1=Cc2ccccc2[Si]=C1. The van der Waals surface area contributed by atoms with Crippen LogP contribution in [0.5, 0.6) is 0 Å². The summed E-state index contributed by atoms with van der Waals surface area (Å²) in [4.78, 5) is 0. The Morgan fingerprint density at radius 3 is 2.90 bits per heavy atom. The van der Waals surface area contributed by atoms with Crippen LogP contribution in [0.1, 0.15) is 5.56 Å². The molecule has 0 atom stereocenters. The summed E-state index contributed by atoms with van der Waals surface area (Å²) in [6.45, 7) is 0. The zero-order valence-electron chi connectivity index (χ0n) is 5.54. The van der Waals surface area contributed by atoms with E-state index in [2.05, 4.69) is 42.1 Å². The smallest absolute Gasteiger partial charge is 0.0605 e. The van der Waals surface area contributed by atoms with E-state index in [-0.39, 0.29) is 0 Å². The van der Waals surface area contributed by atoms with Crippen LogP contribution in [0.25, 0.3) is 6.08 Å². The van der Waals surface area contributed by atoms with E-state index < -0.39 is 0 Å². The topological polar surface area (TPSA) is 0 Å². The van der Waals surface area contributed by atoms with Gasteiger partial charge in [0, 0.05) is 0 Å². The number of benzene rings is 1. The van der Waals surface area contributed by atoms with Gasteiger partial charge in [-0.3, -0.25) is 0 Å². The predicted octanol–water partition coefficient (Wildman–Crippen LogP) is 0.845. The van der Waals surface area contributed by atoms with Crippen LogP contribution in [0.3, 0.4) is 0 Å². The van der Waals surface area contributed by atoms with Crippen molar-refractivity contribution in [2.75, 3.05) is 0 Å². The second-order valence-corrected chi connectivity index (χ2v) is 3.42. The van der Waals surface area contributed by atoms with Gasteiger partial charge in [0.15, 0.2) is 0 Å². The second-order valence-electron chi connectivity index (χ2n) is 2.26. The standard InChI is InChI=1S/C9H7Si/c1-2-6-9-8(4-1)5-3-7-10-9/h1-7H. The van der Waals surface area contributed by atoms with Crippen molar-refractivity contribution in [3.63, 3.8) is 0 Å². The first-order valence-corrected chi connectivity index (χ1v) is 4.40. The molecule has 1 aromatic carbocycles. The van der Waals surface area contributed by atoms with E-state index >= 15 is 0 Å². The maximum atomic E-state index is 2.21. The molecule has 10 heavy (non-hydrogen) atoms. The van der Waals surface area contributed by atoms with Crippen LogP contribution in [0, 0.1) is 0 Å². The van der Waals surface area contributed by atoms with Crippen LogP contribution in [0.2, 0.25) is 0 Å². The van der Waals surface area contributed by atoms with E-state index in [9.17, 15) is 0 Å². The Morgan fingerprint density at radius 1 is 1.10 bits per heavy atom. The molecule has 0 N–H and O–H groups in total. The van der Waals surface area contributed by atoms with Gasteiger partial charge in [-0.25, -0.2) is 0 Å². The van der Waals surface area contributed by atoms with Crippen LogP contribution < -0.4 is 5.19 Å². The molecule has 1 heteroatoms. The molecule has 0 nitrogen and oxygen atoms in total. The van der Waals surface area contributed by atoms with Crippen LogP contribution in [-0.4, -0.2) is 14.8 Å². The lowest BCUT2D eigenvalue weighted by molar-refractivity contribution is 1.72. The third kappa shape index (κ3) is 0.887. The number of allylic oxidation sites excluding steroid dienone is 1. The molecule has 1 heterocycles. The zero-order valence-corrected chi connectivity index (χ0v) is 6.54. The molecule has 0 unspecified atom stereocenters. The van der Waals surface area contributed by atoms with Gasteiger partial charge in [0.2, 0.25) is 0 Å². The Balaban J connectivity index is 2.65. The van der Waals surface area contributed by atoms with Crippen molar-refractivity contribution in [2.24, 2.45) is 0 Å². The number of rotatable bonds is 0. The van der Waals surface area contributed by atoms with Crippen LogP contribution in [0.15, 0.2) is 30.3 Å². The van der Waals surface area contributed by atoms with E-state index in [4.69, 9.17) is 0 Å². The largest absolute Gasteiger partial charge is 0.0766 e. The minimum Gasteiger partial charge on any atom is -0.0766 e. The number of fused-ring (bicyclic) bond motifs is 1. The zero-order chi connectivity index (χ0) is 6.81. The summed E-state index contributed by atoms with van der Waals surface area (Å²) in [5.41, 5.74) is 3.59. The third-order valence-electron chi connectivity index (χ3n) is 1.57. The average Bonchev–Trinajstić information content (AvgIpc) is 2.05. The molecule has 47 valence electrons. The van der Waals surface area contributed by atoms with Crippen LogP contribution >= 0.6 is 0 Å². The highest BCUT2D eigenvalue weighted by atomic mass is 28.2. The first-order chi connectivity index (χ1) is 4.97. The van der Waals surface area contributed by atoms with Crippen LogP contribution in [0.4, 0.5) is 0 Å². The summed E-state index contributed by atoms with van der Waals surface area (Å²) in [6, 6.07) is 8.53. The minimum atomic E-state index is 0.861. The van der Waals surface area contributed by atoms with Gasteiger partial charge in [0.05, 0.1) is 9.13 Å². The number of hydrogen-bond donors (Lipinski definition) is 0. The Labute approximate surface area is 62.6 Å². The molecule has 0 saturated carbocycles. The summed E-state index contributed by atoms with van der Waals surface area (Å²) >= 11 is 0. The highest BCUT2D eigenvalue weighted by Crippen LogP contribution is 1.98. The minimum absolute atomic E-state index is 0.861. The lowest BCUT2D eigenvalue weighted by Gasteiger charge is -2.01. The molecule has 2 rings (SSSR count). The highest BCUT2D eigenvalue weighted by Gasteiger charge is 1.95. The molecule has 1 radical (unpaired) electrons. The third-order valence-corrected chi connectivity index (χ3v) is 2.70. The summed E-state index contributed by atoms with van der Waals surface area (Å²) in [6.07, 6.45) is 4.28. The van der Waals surface area contributed by atoms with Gasteiger partial charge in [0.25, 0.3) is 0 Å². The van der Waals surface area contributed by atoms with Gasteiger partial charge in [-0.05, 0) is 10.8 Å². The van der Waals surface area contributed by atoms with Gasteiger partial charge in [-0.2, -0.15) is 0 Å². The van der Waals surface area contributed by atoms with Gasteiger partial charge < -0.3 is 0 Å². The molecule has 1 aliphatic rings. The summed E-state index contributed by atoms with van der Waals surface area (Å²) in [7, 11) is 0.861. The van der Waals surface area contributed by atoms with Gasteiger partial charge >= 0.3 is 0 Å². The Morgan fingerprint density at radius 2 is 2.00 bits per heavy atom. The van der Waals surface area contributed by atoms with E-state index in [1.807, 2.05) is 0 Å². The fraction of sp³-hybridized carbons (Fsp3) is 0. The molecule has 0 spiro atoms. The fourth-order valence-electron chi connectivity index (χ4n) is 1.06. The Bertz CT molecular complexity index is 266. The maximum Gasteiger partial charge on any atom is 0.0605 e. The Hall–Kier alpha value is -0.953. The molecule has 1 aliphatic heterocycles. The highest BCUT2D eigenvalue weighted by molar-refractivity contribution is 6.64. The van der Waals surface area contributed by atoms with Gasteiger partial charge in [-0.1, -0.05) is 42.1 Å². The van der Waals surface area contributed by atoms with Crippen molar-refractivity contribution in [3.05, 3.63) is 35.9 Å². The summed E-state index contributed by atoms with van der Waals surface area (Å²) in [5, 5.41) is 1.46. The van der Waals surface area contributed by atoms with Crippen molar-refractivity contribution >= 4 is 26.1 Å². The van der Waals surface area contributed by atoms with Crippen molar-refractivity contribution in [1.82, 2.24) is 0 Å². The lowest BCUT2D eigenvalue weighted by atomic mass is 10.2. The first-order valence-electron chi connectivity index (χ1n) is 3.32. The Kier molecular flexibility index (Phi) is 1.36. The van der Waals surface area contributed by atoms with Gasteiger partial charge in [-0.15, -0.1) is 0 Å². The summed E-state index contributed by atoms with van der Waals surface area (Å²) < 4.78 is 0. The average molecular weight is 143 g/mol. The van der Waals surface area contributed by atoms with Crippen molar-refractivity contribution in [3.8, 4) is 0 Å².